The van der Waals surface area contributed by atoms with Crippen LogP contribution in [-0.4, -0.2) is 46.9 Å². The van der Waals surface area contributed by atoms with E-state index in [1.807, 2.05) is 0 Å². The molecule has 0 saturated heterocycles. The Bertz CT molecular complexity index is 988. The number of rotatable bonds is 43. The van der Waals surface area contributed by atoms with Gasteiger partial charge in [0.05, 0.1) is 25.2 Å². The Morgan fingerprint density at radius 1 is 0.526 bits per heavy atom. The Morgan fingerprint density at radius 2 is 0.982 bits per heavy atom. The van der Waals surface area contributed by atoms with Gasteiger partial charge in [-0.05, 0) is 77.0 Å². The Labute approximate surface area is 353 Å². The maximum atomic E-state index is 13.1. The molecular formula is C51H93NO5. The molecule has 57 heavy (non-hydrogen) atoms. The van der Waals surface area contributed by atoms with Crippen LogP contribution in [0.5, 0.6) is 0 Å². The van der Waals surface area contributed by atoms with Crippen molar-refractivity contribution in [1.29, 1.82) is 0 Å². The van der Waals surface area contributed by atoms with Crippen molar-refractivity contribution in [2.75, 3.05) is 6.61 Å². The lowest BCUT2D eigenvalue weighted by molar-refractivity contribution is -0.151. The van der Waals surface area contributed by atoms with E-state index in [-0.39, 0.29) is 24.9 Å². The second-order valence-electron chi connectivity index (χ2n) is 16.5. The number of nitrogens with one attached hydrogen (secondary N) is 1. The number of ether oxygens (including phenoxy) is 1. The molecule has 332 valence electrons. The van der Waals surface area contributed by atoms with Crippen LogP contribution in [0.3, 0.4) is 0 Å². The largest absolute Gasteiger partial charge is 0.462 e. The molecule has 0 aliphatic rings. The zero-order valence-corrected chi connectivity index (χ0v) is 37.7. The topological polar surface area (TPSA) is 95.9 Å². The van der Waals surface area contributed by atoms with Crippen LogP contribution < -0.4 is 5.32 Å². The molecule has 6 heteroatoms. The van der Waals surface area contributed by atoms with Crippen molar-refractivity contribution in [3.63, 3.8) is 0 Å². The molecule has 0 saturated carbocycles. The van der Waals surface area contributed by atoms with E-state index in [1.165, 1.54) is 103 Å². The maximum absolute atomic E-state index is 13.1. The van der Waals surface area contributed by atoms with Gasteiger partial charge in [0.1, 0.15) is 6.10 Å². The minimum Gasteiger partial charge on any atom is -0.462 e. The Balaban J connectivity index is 4.54. The molecule has 0 bridgehead atoms. The van der Waals surface area contributed by atoms with E-state index >= 15 is 0 Å². The summed E-state index contributed by atoms with van der Waals surface area (Å²) < 4.78 is 5.88. The number of allylic oxidation sites excluding steroid dienone is 8. The Hall–Kier alpha value is -2.18. The van der Waals surface area contributed by atoms with Gasteiger partial charge in [0.2, 0.25) is 5.91 Å². The van der Waals surface area contributed by atoms with Crippen molar-refractivity contribution in [2.45, 2.75) is 257 Å². The van der Waals surface area contributed by atoms with Crippen LogP contribution in [0.25, 0.3) is 0 Å². The van der Waals surface area contributed by atoms with Crippen LogP contribution in [0.15, 0.2) is 48.6 Å². The van der Waals surface area contributed by atoms with Gasteiger partial charge in [0, 0.05) is 6.42 Å². The zero-order valence-electron chi connectivity index (χ0n) is 37.7. The first-order chi connectivity index (χ1) is 28.0. The summed E-state index contributed by atoms with van der Waals surface area (Å²) in [5, 5.41) is 23.7. The van der Waals surface area contributed by atoms with Crippen LogP contribution in [0.2, 0.25) is 0 Å². The smallest absolute Gasteiger partial charge is 0.306 e. The van der Waals surface area contributed by atoms with Crippen molar-refractivity contribution >= 4 is 11.9 Å². The van der Waals surface area contributed by atoms with Gasteiger partial charge in [0.15, 0.2) is 0 Å². The second-order valence-corrected chi connectivity index (χ2v) is 16.5. The van der Waals surface area contributed by atoms with Gasteiger partial charge in [-0.3, -0.25) is 9.59 Å². The van der Waals surface area contributed by atoms with Crippen LogP contribution in [0, 0.1) is 0 Å². The zero-order chi connectivity index (χ0) is 41.7. The van der Waals surface area contributed by atoms with E-state index in [0.717, 1.165) is 89.9 Å². The summed E-state index contributed by atoms with van der Waals surface area (Å²) in [4.78, 5) is 26.0. The summed E-state index contributed by atoms with van der Waals surface area (Å²) in [5.41, 5.74) is 0. The molecule has 0 radical (unpaired) electrons. The van der Waals surface area contributed by atoms with Crippen LogP contribution in [0.1, 0.15) is 239 Å². The molecule has 0 aromatic carbocycles. The Morgan fingerprint density at radius 3 is 1.54 bits per heavy atom. The molecule has 0 aromatic heterocycles. The van der Waals surface area contributed by atoms with E-state index in [2.05, 4.69) is 74.7 Å². The lowest BCUT2D eigenvalue weighted by Crippen LogP contribution is -2.46. The third kappa shape index (κ3) is 40.4. The summed E-state index contributed by atoms with van der Waals surface area (Å²) >= 11 is 0. The highest BCUT2D eigenvalue weighted by atomic mass is 16.5. The van der Waals surface area contributed by atoms with Gasteiger partial charge in [-0.25, -0.2) is 0 Å². The third-order valence-electron chi connectivity index (χ3n) is 10.9. The molecule has 0 fully saturated rings. The molecule has 3 atom stereocenters. The normalized spacial score (nSPS) is 13.7. The first-order valence-electron chi connectivity index (χ1n) is 24.4. The summed E-state index contributed by atoms with van der Waals surface area (Å²) in [6, 6.07) is -0.714. The van der Waals surface area contributed by atoms with E-state index in [4.69, 9.17) is 4.74 Å². The molecule has 0 aliphatic heterocycles. The number of hydrogen-bond acceptors (Lipinski definition) is 5. The molecular weight excluding hydrogens is 707 g/mol. The second kappa shape index (κ2) is 44.9. The maximum Gasteiger partial charge on any atom is 0.306 e. The molecule has 3 unspecified atom stereocenters. The molecule has 0 aromatic rings. The minimum absolute atomic E-state index is 0.0483. The molecule has 1 amide bonds. The quantitative estimate of drug-likeness (QED) is 0.0324. The number of amides is 1. The lowest BCUT2D eigenvalue weighted by Gasteiger charge is -2.24. The number of esters is 1. The van der Waals surface area contributed by atoms with Crippen molar-refractivity contribution in [1.82, 2.24) is 5.32 Å². The van der Waals surface area contributed by atoms with Crippen LogP contribution >= 0.6 is 0 Å². The molecule has 3 N–H and O–H groups in total. The summed E-state index contributed by atoms with van der Waals surface area (Å²) in [7, 11) is 0. The fourth-order valence-corrected chi connectivity index (χ4v) is 7.21. The van der Waals surface area contributed by atoms with E-state index < -0.39 is 18.2 Å². The summed E-state index contributed by atoms with van der Waals surface area (Å²) in [6.45, 7) is 6.29. The van der Waals surface area contributed by atoms with E-state index in [0.29, 0.717) is 19.3 Å². The average molecular weight is 800 g/mol. The highest BCUT2D eigenvalue weighted by Gasteiger charge is 2.24. The van der Waals surface area contributed by atoms with Crippen LogP contribution in [0.4, 0.5) is 0 Å². The van der Waals surface area contributed by atoms with Crippen LogP contribution in [-0.2, 0) is 14.3 Å². The van der Waals surface area contributed by atoms with Gasteiger partial charge in [-0.2, -0.15) is 0 Å². The van der Waals surface area contributed by atoms with E-state index in [9.17, 15) is 19.8 Å². The van der Waals surface area contributed by atoms with Gasteiger partial charge in [-0.1, -0.05) is 198 Å². The van der Waals surface area contributed by atoms with E-state index in [1.54, 1.807) is 0 Å². The predicted molar refractivity (Wildman–Crippen MR) is 245 cm³/mol. The minimum atomic E-state index is -0.798. The third-order valence-corrected chi connectivity index (χ3v) is 10.9. The van der Waals surface area contributed by atoms with Gasteiger partial charge < -0.3 is 20.3 Å². The first kappa shape index (κ1) is 54.8. The number of aliphatic hydroxyl groups is 2. The molecule has 0 heterocycles. The SMILES string of the molecule is CC/C=C/C/C=C/C/C=C/CCCCC(CC(=O)NC(CO)C(O)CCCCCCCCCCCCCCCCCC)OC(=O)CCCCCCC/C=C\CCC. The number of hydrogen-bond donors (Lipinski definition) is 3. The lowest BCUT2D eigenvalue weighted by atomic mass is 10.0. The average Bonchev–Trinajstić information content (AvgIpc) is 3.20. The monoisotopic (exact) mass is 800 g/mol. The highest BCUT2D eigenvalue weighted by molar-refractivity contribution is 5.77. The molecule has 0 spiro atoms. The number of aliphatic hydroxyl groups excluding tert-OH is 2. The standard InChI is InChI=1S/C51H93NO5/c1-4-7-10-13-16-19-22-24-25-26-27-29-31-34-37-40-43-49(54)48(46-53)52-50(55)45-47(42-39-36-33-30-28-23-20-17-14-11-8-5-2)57-51(56)44-41-38-35-32-21-18-15-12-9-6-3/h8,11-12,15,17,20,28,30,47-49,53-54H,4-7,9-10,13-14,16,18-19,21-27,29,31-46H2,1-3H3,(H,52,55)/b11-8+,15-12-,20-17+,30-28+. The molecule has 6 nitrogen and oxygen atoms in total. The fraction of sp³-hybridized carbons (Fsp3) is 0.804. The number of carbonyl (C=O) groups excluding carboxylic acids is 2. The first-order valence-corrected chi connectivity index (χ1v) is 24.4. The van der Waals surface area contributed by atoms with Crippen molar-refractivity contribution in [3.8, 4) is 0 Å². The Kier molecular flexibility index (Phi) is 43.2. The van der Waals surface area contributed by atoms with Crippen molar-refractivity contribution in [3.05, 3.63) is 48.6 Å². The molecule has 0 aliphatic carbocycles. The number of unbranched alkanes of at least 4 members (excludes halogenated alkanes) is 23. The van der Waals surface area contributed by atoms with Gasteiger partial charge in [0.25, 0.3) is 0 Å². The fourth-order valence-electron chi connectivity index (χ4n) is 7.21. The number of carbonyl (C=O) groups is 2. The van der Waals surface area contributed by atoms with Crippen molar-refractivity contribution < 1.29 is 24.5 Å². The summed E-state index contributed by atoms with van der Waals surface area (Å²) in [5.74, 6) is -0.524. The molecule has 0 rings (SSSR count). The van der Waals surface area contributed by atoms with Gasteiger partial charge >= 0.3 is 5.97 Å². The summed E-state index contributed by atoms with van der Waals surface area (Å²) in [6.07, 6.45) is 53.2. The highest BCUT2D eigenvalue weighted by Crippen LogP contribution is 2.17. The van der Waals surface area contributed by atoms with Crippen molar-refractivity contribution in [2.24, 2.45) is 0 Å². The predicted octanol–water partition coefficient (Wildman–Crippen LogP) is 14.3. The van der Waals surface area contributed by atoms with Gasteiger partial charge in [-0.15, -0.1) is 0 Å².